The predicted octanol–water partition coefficient (Wildman–Crippen LogP) is 23.5. The molecule has 2 unspecified atom stereocenters. The molecule has 0 spiro atoms. The van der Waals surface area contributed by atoms with Crippen molar-refractivity contribution in [2.24, 2.45) is 11.8 Å². The molecular weight excluding hydrogens is 1380 g/mol. The zero-order chi connectivity index (χ0) is 78.4. The Kier molecular flexibility index (Phi) is 25.7. The summed E-state index contributed by atoms with van der Waals surface area (Å²) in [7, 11) is 0. The maximum absolute atomic E-state index is 15.6. The largest absolute Gasteiger partial charge is 0.324 e. The number of benzene rings is 9. The fraction of sp³-hybridized carbons (Fsp3) is 0.408. The first-order chi connectivity index (χ1) is 54.8. The average molecular weight is 1480 g/mol. The summed E-state index contributed by atoms with van der Waals surface area (Å²) < 4.78 is 4.35. The molecule has 0 radical (unpaired) electrons. The fourth-order valence-corrected chi connectivity index (χ4v) is 17.3. The molecule has 2 aliphatic rings. The van der Waals surface area contributed by atoms with E-state index in [2.05, 4.69) is 98.6 Å². The Bertz CT molecular complexity index is 5350. The lowest BCUT2D eigenvalue weighted by Gasteiger charge is -2.33. The first-order valence-corrected chi connectivity index (χ1v) is 41.8. The summed E-state index contributed by atoms with van der Waals surface area (Å²) in [6, 6.07) is 43.0. The zero-order valence-electron chi connectivity index (χ0n) is 66.3. The summed E-state index contributed by atoms with van der Waals surface area (Å²) in [5, 5.41) is 45.6. The SMILES string of the molecule is CCCCCCCCCCCCn1c(-c2ccc(C#Cc3cc4c5c(ccc6c7c(C#Cc8ccc(-c9nc%10cc(C#N)c(C#N)cc%10n9CCCCCCCCCCCC)cc8)cc8c9c(ccc(c3c56)c97)C(=O)N(CC(CC)CCCC)C8=O)C(=O)N(CC(CC)CCCC)C4=O)cc2)nc2cc(C#N)c(C#N)cc21. The van der Waals surface area contributed by atoms with Crippen LogP contribution in [0, 0.1) is 80.8 Å². The number of imide groups is 2. The number of carbonyl (C=O) groups is 4. The van der Waals surface area contributed by atoms with Crippen LogP contribution in [-0.4, -0.2) is 65.6 Å². The number of nitriles is 4. The highest BCUT2D eigenvalue weighted by molar-refractivity contribution is 6.42. The predicted molar refractivity (Wildman–Crippen MR) is 450 cm³/mol. The van der Waals surface area contributed by atoms with Crippen molar-refractivity contribution in [1.29, 1.82) is 21.0 Å². The second-order valence-corrected chi connectivity index (χ2v) is 31.2. The van der Waals surface area contributed by atoms with E-state index in [-0.39, 0.29) is 59.7 Å². The molecule has 0 saturated carbocycles. The van der Waals surface area contributed by atoms with Gasteiger partial charge in [0.2, 0.25) is 0 Å². The van der Waals surface area contributed by atoms with Crippen molar-refractivity contribution in [2.45, 2.75) is 234 Å². The maximum Gasteiger partial charge on any atom is 0.261 e. The molecule has 9 aromatic carbocycles. The molecule has 0 aliphatic carbocycles. The van der Waals surface area contributed by atoms with Gasteiger partial charge in [-0.15, -0.1) is 0 Å². The Morgan fingerprint density at radius 2 is 0.661 bits per heavy atom. The van der Waals surface area contributed by atoms with Gasteiger partial charge in [0.25, 0.3) is 23.6 Å². The number of nitrogens with zero attached hydrogens (tertiary/aromatic N) is 10. The quantitative estimate of drug-likeness (QED) is 0.0119. The topological polar surface area (TPSA) is 206 Å². The standard InChI is InChI=1S/C98H102N10O4/c1-7-13-17-19-21-23-25-27-29-31-51-105-85-57-75(61-101)73(59-99)55-83(85)103-93(105)69-41-35-67(36-42-69)39-45-71-53-81-89-79(95(109)107(97(81)111)63-65(11-5)33-15-9-3)50-48-78-88-72(54-82-90-80(49-47-77(92(88)90)87(71)91(78)89)96(110)108(98(82)112)64-66(12-6)34-16-10-4)46-40-68-37-43-70(44-38-68)94-104-84-56-74(60-100)76(62-102)58-86(84)106(94)52-32-30-28-26-24-22-20-18-14-8-2/h35-38,41-44,47-50,53-58,65-66H,7-34,51-52,63-64H2,1-6H3. The van der Waals surface area contributed by atoms with Crippen molar-refractivity contribution in [3.63, 3.8) is 0 Å². The van der Waals surface area contributed by atoms with Gasteiger partial charge in [-0.25, -0.2) is 9.97 Å². The molecule has 0 fully saturated rings. The molecule has 11 aromatic rings. The number of carbonyl (C=O) groups excluding carboxylic acids is 4. The number of aryl methyl sites for hydroxylation is 2. The fourth-order valence-electron chi connectivity index (χ4n) is 17.3. The molecule has 14 nitrogen and oxygen atoms in total. The highest BCUT2D eigenvalue weighted by atomic mass is 16.2. The molecule has 0 saturated heterocycles. The number of fused-ring (bicyclic) bond motifs is 4. The molecule has 568 valence electrons. The minimum atomic E-state index is -0.388. The van der Waals surface area contributed by atoms with E-state index < -0.39 is 0 Å². The van der Waals surface area contributed by atoms with Crippen molar-refractivity contribution < 1.29 is 19.2 Å². The number of aromatic nitrogens is 4. The molecule has 2 aliphatic heterocycles. The van der Waals surface area contributed by atoms with Crippen LogP contribution in [0.2, 0.25) is 0 Å². The van der Waals surface area contributed by atoms with Gasteiger partial charge >= 0.3 is 0 Å². The van der Waals surface area contributed by atoms with Gasteiger partial charge in [-0.3, -0.25) is 29.0 Å². The molecular formula is C98H102N10O4. The van der Waals surface area contributed by atoms with E-state index in [1.807, 2.05) is 84.9 Å². The van der Waals surface area contributed by atoms with Crippen molar-refractivity contribution >= 4 is 88.8 Å². The van der Waals surface area contributed by atoms with Gasteiger partial charge in [0.05, 0.1) is 44.3 Å². The van der Waals surface area contributed by atoms with E-state index in [4.69, 9.17) is 9.97 Å². The monoisotopic (exact) mass is 1480 g/mol. The average Bonchev–Trinajstić information content (AvgIpc) is 0.816. The van der Waals surface area contributed by atoms with Gasteiger partial charge in [0.1, 0.15) is 35.9 Å². The van der Waals surface area contributed by atoms with Crippen LogP contribution in [0.1, 0.15) is 307 Å². The molecule has 0 bridgehead atoms. The van der Waals surface area contributed by atoms with E-state index >= 15 is 19.2 Å². The molecule has 2 atom stereocenters. The van der Waals surface area contributed by atoms with Crippen LogP contribution in [0.15, 0.2) is 109 Å². The van der Waals surface area contributed by atoms with Crippen LogP contribution in [0.3, 0.4) is 0 Å². The molecule has 13 rings (SSSR count). The van der Waals surface area contributed by atoms with Crippen LogP contribution in [0.4, 0.5) is 0 Å². The van der Waals surface area contributed by atoms with Crippen molar-refractivity contribution in [3.05, 3.63) is 176 Å². The minimum Gasteiger partial charge on any atom is -0.324 e. The summed E-state index contributed by atoms with van der Waals surface area (Å²) >= 11 is 0. The summed E-state index contributed by atoms with van der Waals surface area (Å²) in [6.45, 7) is 14.9. The van der Waals surface area contributed by atoms with Gasteiger partial charge in [0, 0.05) is 114 Å². The van der Waals surface area contributed by atoms with E-state index in [9.17, 15) is 21.0 Å². The van der Waals surface area contributed by atoms with Crippen LogP contribution in [0.25, 0.3) is 87.9 Å². The van der Waals surface area contributed by atoms with Gasteiger partial charge in [-0.05, 0) is 121 Å². The molecule has 4 amide bonds. The highest BCUT2D eigenvalue weighted by Crippen LogP contribution is 2.49. The molecule has 4 heterocycles. The Labute approximate surface area is 660 Å². The van der Waals surface area contributed by atoms with Crippen molar-refractivity contribution in [1.82, 2.24) is 28.9 Å². The Morgan fingerprint density at radius 1 is 0.330 bits per heavy atom. The number of hydrogen-bond acceptors (Lipinski definition) is 10. The third-order valence-corrected chi connectivity index (χ3v) is 23.7. The lowest BCUT2D eigenvalue weighted by atomic mass is 9.79. The van der Waals surface area contributed by atoms with E-state index in [1.54, 1.807) is 24.3 Å². The maximum atomic E-state index is 15.6. The van der Waals surface area contributed by atoms with Crippen molar-refractivity contribution in [2.75, 3.05) is 13.1 Å². The normalized spacial score (nSPS) is 13.1. The van der Waals surface area contributed by atoms with E-state index in [0.29, 0.717) is 123 Å². The van der Waals surface area contributed by atoms with Crippen molar-refractivity contribution in [3.8, 4) is 70.7 Å². The number of rotatable bonds is 36. The number of amides is 4. The second kappa shape index (κ2) is 36.6. The Hall–Kier alpha value is -11.4. The number of unbranched alkanes of at least 4 members (excludes halogenated alkanes) is 20. The summed E-state index contributed by atoms with van der Waals surface area (Å²) in [5.41, 5.74) is 9.74. The van der Waals surface area contributed by atoms with Gasteiger partial charge in [-0.1, -0.05) is 256 Å². The first-order valence-electron chi connectivity index (χ1n) is 41.8. The molecule has 112 heavy (non-hydrogen) atoms. The van der Waals surface area contributed by atoms with E-state index in [1.165, 1.54) is 99.7 Å². The van der Waals surface area contributed by atoms with Gasteiger partial charge in [-0.2, -0.15) is 21.0 Å². The molecule has 0 N–H and O–H groups in total. The number of imidazole rings is 2. The summed E-state index contributed by atoms with van der Waals surface area (Å²) in [6.07, 6.45) is 31.1. The van der Waals surface area contributed by atoms with Crippen LogP contribution in [0.5, 0.6) is 0 Å². The van der Waals surface area contributed by atoms with Crippen LogP contribution < -0.4 is 0 Å². The zero-order valence-corrected chi connectivity index (χ0v) is 66.3. The van der Waals surface area contributed by atoms with Gasteiger partial charge < -0.3 is 9.13 Å². The summed E-state index contributed by atoms with van der Waals surface area (Å²) in [4.78, 5) is 74.9. The third-order valence-electron chi connectivity index (χ3n) is 23.7. The first kappa shape index (κ1) is 78.7. The smallest absolute Gasteiger partial charge is 0.261 e. The van der Waals surface area contributed by atoms with E-state index in [0.717, 1.165) is 124 Å². The lowest BCUT2D eigenvalue weighted by Crippen LogP contribution is -2.43. The third kappa shape index (κ3) is 16.2. The molecule has 2 aromatic heterocycles. The second-order valence-electron chi connectivity index (χ2n) is 31.2. The number of hydrogen-bond donors (Lipinski definition) is 0. The highest BCUT2D eigenvalue weighted by Gasteiger charge is 2.40. The van der Waals surface area contributed by atoms with Gasteiger partial charge in [0.15, 0.2) is 0 Å². The minimum absolute atomic E-state index is 0.0972. The summed E-state index contributed by atoms with van der Waals surface area (Å²) in [5.74, 6) is 14.4. The Balaban J connectivity index is 0.938. The lowest BCUT2D eigenvalue weighted by molar-refractivity contribution is 0.0565. The van der Waals surface area contributed by atoms with Crippen LogP contribution >= 0.6 is 0 Å². The Morgan fingerprint density at radius 3 is 1.00 bits per heavy atom. The van der Waals surface area contributed by atoms with Crippen LogP contribution in [-0.2, 0) is 13.1 Å². The molecule has 14 heteroatoms.